The number of rotatable bonds is 6. The van der Waals surface area contributed by atoms with Gasteiger partial charge in [-0.15, -0.1) is 0 Å². The van der Waals surface area contributed by atoms with Gasteiger partial charge < -0.3 is 9.16 Å². The van der Waals surface area contributed by atoms with Crippen LogP contribution in [0.25, 0.3) is 0 Å². The summed E-state index contributed by atoms with van der Waals surface area (Å²) in [6.45, 7) is 11.4. The molecular weight excluding hydrogens is 306 g/mol. The van der Waals surface area contributed by atoms with Crippen LogP contribution in [0, 0.1) is 10.1 Å². The zero-order valence-corrected chi connectivity index (χ0v) is 14.9. The second-order valence-corrected chi connectivity index (χ2v) is 11.3. The first-order valence-electron chi connectivity index (χ1n) is 6.93. The number of nitro groups is 1. The van der Waals surface area contributed by atoms with Gasteiger partial charge in [-0.2, -0.15) is 5.10 Å². The summed E-state index contributed by atoms with van der Waals surface area (Å²) >= 11 is 0. The van der Waals surface area contributed by atoms with Gasteiger partial charge in [0.2, 0.25) is 5.69 Å². The fourth-order valence-electron chi connectivity index (χ4n) is 1.51. The van der Waals surface area contributed by atoms with Crippen molar-refractivity contribution in [3.63, 3.8) is 0 Å². The van der Waals surface area contributed by atoms with Crippen LogP contribution in [0.3, 0.4) is 0 Å². The highest BCUT2D eigenvalue weighted by Crippen LogP contribution is 2.36. The van der Waals surface area contributed by atoms with Crippen molar-refractivity contribution in [3.05, 3.63) is 22.0 Å². The average molecular weight is 329 g/mol. The molecule has 0 radical (unpaired) electrons. The van der Waals surface area contributed by atoms with Crippen molar-refractivity contribution in [2.75, 3.05) is 13.7 Å². The Kier molecular flexibility index (Phi) is 5.47. The Morgan fingerprint density at radius 2 is 2.05 bits per heavy atom. The van der Waals surface area contributed by atoms with E-state index in [1.807, 2.05) is 0 Å². The zero-order chi connectivity index (χ0) is 17.1. The van der Waals surface area contributed by atoms with E-state index in [1.54, 1.807) is 0 Å². The van der Waals surface area contributed by atoms with Crippen LogP contribution in [0.2, 0.25) is 18.1 Å². The van der Waals surface area contributed by atoms with Crippen molar-refractivity contribution in [2.24, 2.45) is 0 Å². The number of hydrogen-bond donors (Lipinski definition) is 0. The molecule has 0 N–H and O–H groups in total. The molecule has 1 rings (SSSR count). The summed E-state index contributed by atoms with van der Waals surface area (Å²) in [4.78, 5) is 21.8. The molecule has 0 fully saturated rings. The first-order valence-corrected chi connectivity index (χ1v) is 9.84. The Hall–Kier alpha value is -1.74. The molecule has 0 saturated carbocycles. The number of methoxy groups -OCH3 is 1. The van der Waals surface area contributed by atoms with Gasteiger partial charge in [0.25, 0.3) is 0 Å². The minimum Gasteiger partial charge on any atom is -0.464 e. The molecule has 124 valence electrons. The Bertz CT molecular complexity index is 563. The predicted octanol–water partition coefficient (Wildman–Crippen LogP) is 2.60. The molecule has 0 spiro atoms. The minimum absolute atomic E-state index is 0.0836. The van der Waals surface area contributed by atoms with Crippen LogP contribution in [0.5, 0.6) is 0 Å². The number of aromatic nitrogens is 2. The van der Waals surface area contributed by atoms with E-state index in [0.29, 0.717) is 13.2 Å². The van der Waals surface area contributed by atoms with Crippen LogP contribution in [-0.2, 0) is 15.7 Å². The van der Waals surface area contributed by atoms with Gasteiger partial charge in [-0.3, -0.25) is 14.8 Å². The molecule has 0 bridgehead atoms. The molecule has 8 nitrogen and oxygen atoms in total. The fourth-order valence-corrected chi connectivity index (χ4v) is 2.55. The Morgan fingerprint density at radius 3 is 2.50 bits per heavy atom. The van der Waals surface area contributed by atoms with Crippen molar-refractivity contribution < 1.29 is 18.9 Å². The van der Waals surface area contributed by atoms with E-state index in [2.05, 4.69) is 43.7 Å². The lowest BCUT2D eigenvalue weighted by Crippen LogP contribution is -2.41. The summed E-state index contributed by atoms with van der Waals surface area (Å²) in [5.74, 6) is -0.823. The Labute approximate surface area is 130 Å². The van der Waals surface area contributed by atoms with Crippen LogP contribution < -0.4 is 0 Å². The molecule has 0 aliphatic heterocycles. The van der Waals surface area contributed by atoms with Crippen molar-refractivity contribution in [3.8, 4) is 0 Å². The SMILES string of the molecule is COC(=O)c1nn(CCO[Si](C)(C)C(C)(C)C)cc1[N+](=O)[O-]. The highest BCUT2D eigenvalue weighted by atomic mass is 28.4. The quantitative estimate of drug-likeness (QED) is 0.344. The van der Waals surface area contributed by atoms with E-state index in [1.165, 1.54) is 10.9 Å². The van der Waals surface area contributed by atoms with E-state index in [0.717, 1.165) is 7.11 Å². The van der Waals surface area contributed by atoms with Gasteiger partial charge in [-0.05, 0) is 18.1 Å². The molecule has 1 heterocycles. The van der Waals surface area contributed by atoms with E-state index >= 15 is 0 Å². The average Bonchev–Trinajstić information content (AvgIpc) is 2.80. The van der Waals surface area contributed by atoms with Crippen molar-refractivity contribution in [1.29, 1.82) is 0 Å². The van der Waals surface area contributed by atoms with Gasteiger partial charge in [0.1, 0.15) is 6.20 Å². The van der Waals surface area contributed by atoms with Gasteiger partial charge in [0.15, 0.2) is 8.32 Å². The standard InChI is InChI=1S/C13H23N3O5Si/c1-13(2,3)22(5,6)21-8-7-15-9-10(16(18)19)11(14-15)12(17)20-4/h9H,7-8H2,1-6H3. The largest absolute Gasteiger partial charge is 0.464 e. The second kappa shape index (κ2) is 6.57. The lowest BCUT2D eigenvalue weighted by molar-refractivity contribution is -0.385. The topological polar surface area (TPSA) is 96.5 Å². The zero-order valence-electron chi connectivity index (χ0n) is 13.9. The molecule has 0 atom stereocenters. The third kappa shape index (κ3) is 4.14. The molecule has 0 aromatic carbocycles. The van der Waals surface area contributed by atoms with Crippen molar-refractivity contribution in [1.82, 2.24) is 9.78 Å². The molecule has 1 aromatic rings. The lowest BCUT2D eigenvalue weighted by Gasteiger charge is -2.36. The number of carbonyl (C=O) groups excluding carboxylic acids is 1. The summed E-state index contributed by atoms with van der Waals surface area (Å²) in [6.07, 6.45) is 1.22. The summed E-state index contributed by atoms with van der Waals surface area (Å²) in [5.41, 5.74) is -0.654. The van der Waals surface area contributed by atoms with Gasteiger partial charge in [0.05, 0.1) is 25.2 Å². The normalized spacial score (nSPS) is 12.3. The lowest BCUT2D eigenvalue weighted by atomic mass is 10.2. The summed E-state index contributed by atoms with van der Waals surface area (Å²) in [6, 6.07) is 0. The predicted molar refractivity (Wildman–Crippen MR) is 83.4 cm³/mol. The van der Waals surface area contributed by atoms with E-state index < -0.39 is 19.2 Å². The monoisotopic (exact) mass is 329 g/mol. The third-order valence-electron chi connectivity index (χ3n) is 3.91. The van der Waals surface area contributed by atoms with Gasteiger partial charge in [0, 0.05) is 0 Å². The van der Waals surface area contributed by atoms with Crippen LogP contribution in [0.15, 0.2) is 6.20 Å². The molecule has 0 unspecified atom stereocenters. The van der Waals surface area contributed by atoms with Crippen molar-refractivity contribution in [2.45, 2.75) is 45.4 Å². The maximum Gasteiger partial charge on any atom is 0.365 e. The first-order chi connectivity index (χ1) is 9.99. The molecule has 9 heteroatoms. The van der Waals surface area contributed by atoms with Crippen molar-refractivity contribution >= 4 is 20.0 Å². The van der Waals surface area contributed by atoms with Crippen LogP contribution in [0.1, 0.15) is 31.3 Å². The number of ether oxygens (including phenoxy) is 1. The first kappa shape index (κ1) is 18.3. The van der Waals surface area contributed by atoms with Gasteiger partial charge >= 0.3 is 11.7 Å². The van der Waals surface area contributed by atoms with E-state index in [4.69, 9.17) is 4.43 Å². The second-order valence-electron chi connectivity index (χ2n) is 6.48. The smallest absolute Gasteiger partial charge is 0.365 e. The molecule has 0 saturated heterocycles. The number of carbonyl (C=O) groups is 1. The number of esters is 1. The van der Waals surface area contributed by atoms with E-state index in [-0.39, 0.29) is 16.4 Å². The molecule has 0 amide bonds. The Balaban J connectivity index is 2.80. The fraction of sp³-hybridized carbons (Fsp3) is 0.692. The minimum atomic E-state index is -1.88. The van der Waals surface area contributed by atoms with Gasteiger partial charge in [-0.1, -0.05) is 20.8 Å². The molecule has 0 aliphatic carbocycles. The van der Waals surface area contributed by atoms with Crippen LogP contribution >= 0.6 is 0 Å². The maximum absolute atomic E-state index is 11.5. The molecular formula is C13H23N3O5Si. The van der Waals surface area contributed by atoms with E-state index in [9.17, 15) is 14.9 Å². The number of hydrogen-bond acceptors (Lipinski definition) is 6. The molecule has 1 aromatic heterocycles. The molecule has 0 aliphatic rings. The number of nitrogens with zero attached hydrogens (tertiary/aromatic N) is 3. The summed E-state index contributed by atoms with van der Waals surface area (Å²) in [5, 5.41) is 14.9. The highest BCUT2D eigenvalue weighted by molar-refractivity contribution is 6.74. The maximum atomic E-state index is 11.5. The summed E-state index contributed by atoms with van der Waals surface area (Å²) in [7, 11) is -0.724. The van der Waals surface area contributed by atoms with Crippen LogP contribution in [-0.4, -0.2) is 42.7 Å². The van der Waals surface area contributed by atoms with Gasteiger partial charge in [-0.25, -0.2) is 4.79 Å². The molecule has 22 heavy (non-hydrogen) atoms. The third-order valence-corrected chi connectivity index (χ3v) is 8.45. The Morgan fingerprint density at radius 1 is 1.45 bits per heavy atom. The highest BCUT2D eigenvalue weighted by Gasteiger charge is 2.37. The summed E-state index contributed by atoms with van der Waals surface area (Å²) < 4.78 is 11.8. The van der Waals surface area contributed by atoms with Crippen LogP contribution in [0.4, 0.5) is 5.69 Å².